The fourth-order valence-corrected chi connectivity index (χ4v) is 4.10. The van der Waals surface area contributed by atoms with Crippen LogP contribution < -0.4 is 5.32 Å². The number of furan rings is 1. The first-order chi connectivity index (χ1) is 12.5. The minimum Gasteiger partial charge on any atom is -0.469 e. The highest BCUT2D eigenvalue weighted by molar-refractivity contribution is 7.99. The van der Waals surface area contributed by atoms with E-state index in [9.17, 15) is 9.59 Å². The highest BCUT2D eigenvalue weighted by Gasteiger charge is 2.17. The van der Waals surface area contributed by atoms with Crippen molar-refractivity contribution >= 4 is 34.8 Å². The Morgan fingerprint density at radius 1 is 1.31 bits per heavy atom. The van der Waals surface area contributed by atoms with E-state index in [0.717, 1.165) is 16.2 Å². The quantitative estimate of drug-likeness (QED) is 0.493. The van der Waals surface area contributed by atoms with Crippen molar-refractivity contribution in [2.24, 2.45) is 7.05 Å². The van der Waals surface area contributed by atoms with Crippen molar-refractivity contribution in [3.8, 4) is 11.4 Å². The third kappa shape index (κ3) is 4.05. The summed E-state index contributed by atoms with van der Waals surface area (Å²) in [5.41, 5.74) is 0.888. The lowest BCUT2D eigenvalue weighted by Crippen LogP contribution is -2.18. The smallest absolute Gasteiger partial charge is 0.217 e. The zero-order valence-electron chi connectivity index (χ0n) is 14.6. The molecule has 1 N–H and O–H groups in total. The summed E-state index contributed by atoms with van der Waals surface area (Å²) in [4.78, 5) is 25.0. The van der Waals surface area contributed by atoms with Crippen molar-refractivity contribution in [2.45, 2.75) is 25.5 Å². The summed E-state index contributed by atoms with van der Waals surface area (Å²) >= 11 is 2.74. The van der Waals surface area contributed by atoms with Crippen molar-refractivity contribution in [3.05, 3.63) is 40.0 Å². The standard InChI is InChI=1S/C17H18N4O3S2/c1-10-13(6-7-24-10)16-19-20-17(21(16)3)25-9-14(23)15-5-4-12(26-15)8-18-11(2)22/h4-7H,8-9H2,1-3H3,(H,18,22). The molecule has 0 saturated carbocycles. The molecule has 0 saturated heterocycles. The van der Waals surface area contributed by atoms with Gasteiger partial charge < -0.3 is 14.3 Å². The molecule has 0 atom stereocenters. The van der Waals surface area contributed by atoms with Crippen LogP contribution in [0.5, 0.6) is 0 Å². The Labute approximate surface area is 158 Å². The molecule has 0 fully saturated rings. The number of carbonyl (C=O) groups excluding carboxylic acids is 2. The van der Waals surface area contributed by atoms with Gasteiger partial charge in [0.2, 0.25) is 5.91 Å². The van der Waals surface area contributed by atoms with Crippen LogP contribution in [0.3, 0.4) is 0 Å². The molecule has 0 aliphatic rings. The van der Waals surface area contributed by atoms with E-state index in [1.165, 1.54) is 30.0 Å². The average Bonchev–Trinajstić information content (AvgIpc) is 3.31. The third-order valence-electron chi connectivity index (χ3n) is 3.72. The Kier molecular flexibility index (Phi) is 5.58. The van der Waals surface area contributed by atoms with Gasteiger partial charge in [0, 0.05) is 18.8 Å². The van der Waals surface area contributed by atoms with E-state index in [1.54, 1.807) is 12.3 Å². The monoisotopic (exact) mass is 390 g/mol. The highest BCUT2D eigenvalue weighted by Crippen LogP contribution is 2.27. The number of thiophene rings is 1. The number of rotatable bonds is 7. The molecule has 1 amide bonds. The van der Waals surface area contributed by atoms with Crippen molar-refractivity contribution < 1.29 is 14.0 Å². The van der Waals surface area contributed by atoms with Crippen LogP contribution in [0, 0.1) is 6.92 Å². The molecule has 0 radical (unpaired) electrons. The second-order valence-corrected chi connectivity index (χ2v) is 7.75. The SMILES string of the molecule is CC(=O)NCc1ccc(C(=O)CSc2nnc(-c3ccoc3C)n2C)s1. The maximum absolute atomic E-state index is 12.4. The Hall–Kier alpha value is -2.39. The van der Waals surface area contributed by atoms with E-state index in [1.807, 2.05) is 30.7 Å². The number of aryl methyl sites for hydroxylation is 1. The number of hydrogen-bond acceptors (Lipinski definition) is 7. The molecule has 0 spiro atoms. The molecule has 3 aromatic heterocycles. The van der Waals surface area contributed by atoms with Crippen LogP contribution >= 0.6 is 23.1 Å². The van der Waals surface area contributed by atoms with Crippen molar-refractivity contribution in [2.75, 3.05) is 5.75 Å². The van der Waals surface area contributed by atoms with Crippen LogP contribution in [-0.4, -0.2) is 32.2 Å². The van der Waals surface area contributed by atoms with E-state index in [-0.39, 0.29) is 17.4 Å². The Morgan fingerprint density at radius 3 is 2.81 bits per heavy atom. The lowest BCUT2D eigenvalue weighted by atomic mass is 10.2. The van der Waals surface area contributed by atoms with Crippen molar-refractivity contribution in [1.29, 1.82) is 0 Å². The molecular weight excluding hydrogens is 372 g/mol. The minimum atomic E-state index is -0.0900. The first kappa shape index (κ1) is 18.4. The maximum atomic E-state index is 12.4. The zero-order chi connectivity index (χ0) is 18.7. The van der Waals surface area contributed by atoms with Crippen LogP contribution in [0.15, 0.2) is 34.0 Å². The molecule has 0 unspecified atom stereocenters. The highest BCUT2D eigenvalue weighted by atomic mass is 32.2. The van der Waals surface area contributed by atoms with Gasteiger partial charge in [-0.1, -0.05) is 11.8 Å². The number of ketones is 1. The maximum Gasteiger partial charge on any atom is 0.217 e. The third-order valence-corrected chi connectivity index (χ3v) is 5.86. The molecule has 3 aromatic rings. The molecule has 0 aliphatic carbocycles. The first-order valence-electron chi connectivity index (χ1n) is 7.88. The molecule has 7 nitrogen and oxygen atoms in total. The van der Waals surface area contributed by atoms with Gasteiger partial charge in [-0.05, 0) is 25.1 Å². The number of aromatic nitrogens is 3. The summed E-state index contributed by atoms with van der Waals surface area (Å²) in [7, 11) is 1.87. The molecule has 3 rings (SSSR count). The van der Waals surface area contributed by atoms with Crippen LogP contribution in [0.1, 0.15) is 27.2 Å². The Balaban J connectivity index is 1.63. The largest absolute Gasteiger partial charge is 0.469 e. The Bertz CT molecular complexity index is 942. The summed E-state index contributed by atoms with van der Waals surface area (Å²) in [5, 5.41) is 11.8. The van der Waals surface area contributed by atoms with E-state index in [0.29, 0.717) is 22.4 Å². The predicted octanol–water partition coefficient (Wildman–Crippen LogP) is 3.06. The van der Waals surface area contributed by atoms with Crippen molar-refractivity contribution in [3.63, 3.8) is 0 Å². The van der Waals surface area contributed by atoms with Gasteiger partial charge in [-0.15, -0.1) is 21.5 Å². The fraction of sp³-hybridized carbons (Fsp3) is 0.294. The first-order valence-corrected chi connectivity index (χ1v) is 9.69. The molecule has 136 valence electrons. The van der Waals surface area contributed by atoms with E-state index < -0.39 is 0 Å². The van der Waals surface area contributed by atoms with Gasteiger partial charge in [0.15, 0.2) is 16.8 Å². The van der Waals surface area contributed by atoms with Crippen LogP contribution in [0.25, 0.3) is 11.4 Å². The summed E-state index contributed by atoms with van der Waals surface area (Å²) in [6.45, 7) is 3.78. The van der Waals surface area contributed by atoms with Gasteiger partial charge in [-0.25, -0.2) is 0 Å². The molecule has 0 aromatic carbocycles. The second kappa shape index (κ2) is 7.88. The van der Waals surface area contributed by atoms with Gasteiger partial charge in [0.05, 0.1) is 29.0 Å². The van der Waals surface area contributed by atoms with Crippen LogP contribution in [-0.2, 0) is 18.4 Å². The lowest BCUT2D eigenvalue weighted by Gasteiger charge is -2.02. The number of Topliss-reactive ketones (excluding diaryl/α,β-unsaturated/α-hetero) is 1. The van der Waals surface area contributed by atoms with Gasteiger partial charge in [-0.2, -0.15) is 0 Å². The van der Waals surface area contributed by atoms with Crippen molar-refractivity contribution in [1.82, 2.24) is 20.1 Å². The minimum absolute atomic E-state index is 0.0260. The predicted molar refractivity (Wildman–Crippen MR) is 100 cm³/mol. The molecule has 3 heterocycles. The number of thioether (sulfide) groups is 1. The summed E-state index contributed by atoms with van der Waals surface area (Å²) < 4.78 is 7.16. The second-order valence-electron chi connectivity index (χ2n) is 5.64. The average molecular weight is 390 g/mol. The lowest BCUT2D eigenvalue weighted by molar-refractivity contribution is -0.119. The number of nitrogens with one attached hydrogen (secondary N) is 1. The van der Waals surface area contributed by atoms with Crippen LogP contribution in [0.2, 0.25) is 0 Å². The van der Waals surface area contributed by atoms with Gasteiger partial charge in [0.1, 0.15) is 5.76 Å². The summed E-state index contributed by atoms with van der Waals surface area (Å²) in [5.74, 6) is 1.69. The molecule has 26 heavy (non-hydrogen) atoms. The number of carbonyl (C=O) groups is 2. The van der Waals surface area contributed by atoms with E-state index in [2.05, 4.69) is 15.5 Å². The normalized spacial score (nSPS) is 10.9. The summed E-state index contributed by atoms with van der Waals surface area (Å²) in [6, 6.07) is 5.50. The topological polar surface area (TPSA) is 90.0 Å². The molecular formula is C17H18N4O3S2. The molecule has 0 aliphatic heterocycles. The van der Waals surface area contributed by atoms with E-state index >= 15 is 0 Å². The van der Waals surface area contributed by atoms with Gasteiger partial charge in [0.25, 0.3) is 0 Å². The van der Waals surface area contributed by atoms with Gasteiger partial charge in [-0.3, -0.25) is 9.59 Å². The molecule has 9 heteroatoms. The fourth-order valence-electron chi connectivity index (χ4n) is 2.33. The Morgan fingerprint density at radius 2 is 2.12 bits per heavy atom. The summed E-state index contributed by atoms with van der Waals surface area (Å²) in [6.07, 6.45) is 1.62. The number of hydrogen-bond donors (Lipinski definition) is 1. The van der Waals surface area contributed by atoms with E-state index in [4.69, 9.17) is 4.42 Å². The number of nitrogens with zero attached hydrogens (tertiary/aromatic N) is 3. The zero-order valence-corrected chi connectivity index (χ0v) is 16.2. The number of amides is 1. The molecule has 0 bridgehead atoms. The van der Waals surface area contributed by atoms with Gasteiger partial charge >= 0.3 is 0 Å². The van der Waals surface area contributed by atoms with Crippen LogP contribution in [0.4, 0.5) is 0 Å².